The Kier molecular flexibility index (Phi) is 4.82. The average molecular weight is 267 g/mol. The van der Waals surface area contributed by atoms with Gasteiger partial charge >= 0.3 is 0 Å². The maximum Gasteiger partial charge on any atom is 0.107 e. The van der Waals surface area contributed by atoms with Gasteiger partial charge in [0.25, 0.3) is 0 Å². The van der Waals surface area contributed by atoms with Gasteiger partial charge in [0, 0.05) is 10.9 Å². The van der Waals surface area contributed by atoms with Crippen LogP contribution in [-0.4, -0.2) is 12.1 Å². The fourth-order valence-electron chi connectivity index (χ4n) is 3.09. The van der Waals surface area contributed by atoms with Gasteiger partial charge in [0.15, 0.2) is 0 Å². The van der Waals surface area contributed by atoms with Crippen molar-refractivity contribution >= 4 is 11.3 Å². The Morgan fingerprint density at radius 3 is 2.44 bits per heavy atom. The van der Waals surface area contributed by atoms with E-state index in [-0.39, 0.29) is 12.1 Å². The van der Waals surface area contributed by atoms with E-state index in [0.717, 1.165) is 11.8 Å². The quantitative estimate of drug-likeness (QED) is 0.895. The number of hydrogen-bond donors (Lipinski definition) is 1. The molecule has 1 aliphatic carbocycles. The number of nitrogens with two attached hydrogens (primary N) is 1. The highest BCUT2D eigenvalue weighted by molar-refractivity contribution is 7.10. The second-order valence-corrected chi connectivity index (χ2v) is 6.95. The summed E-state index contributed by atoms with van der Waals surface area (Å²) in [6, 6.07) is 4.26. The van der Waals surface area contributed by atoms with Crippen molar-refractivity contribution in [3.8, 4) is 0 Å². The van der Waals surface area contributed by atoms with Gasteiger partial charge in [-0.25, -0.2) is 0 Å². The number of rotatable bonds is 4. The molecule has 1 aromatic heterocycles. The summed E-state index contributed by atoms with van der Waals surface area (Å²) in [5.74, 6) is 1.55. The molecule has 2 N–H and O–H groups in total. The molecule has 1 aromatic rings. The van der Waals surface area contributed by atoms with E-state index in [1.54, 1.807) is 11.3 Å². The van der Waals surface area contributed by atoms with Gasteiger partial charge < -0.3 is 10.5 Å². The van der Waals surface area contributed by atoms with Gasteiger partial charge in [-0.3, -0.25) is 0 Å². The SMILES string of the molecule is CC1CC(C)CC(OC(c2cccs2)C(C)N)C1. The first-order valence-electron chi connectivity index (χ1n) is 7.00. The van der Waals surface area contributed by atoms with Gasteiger partial charge in [0.1, 0.15) is 6.10 Å². The molecule has 4 atom stereocenters. The highest BCUT2D eigenvalue weighted by Gasteiger charge is 2.28. The van der Waals surface area contributed by atoms with Gasteiger partial charge in [0.2, 0.25) is 0 Å². The average Bonchev–Trinajstić information content (AvgIpc) is 2.77. The van der Waals surface area contributed by atoms with E-state index < -0.39 is 0 Å². The van der Waals surface area contributed by atoms with E-state index in [9.17, 15) is 0 Å². The maximum absolute atomic E-state index is 6.32. The van der Waals surface area contributed by atoms with Crippen molar-refractivity contribution in [2.75, 3.05) is 0 Å². The lowest BCUT2D eigenvalue weighted by molar-refractivity contribution is -0.0570. The molecule has 0 amide bonds. The number of thiophene rings is 1. The topological polar surface area (TPSA) is 35.2 Å². The Bertz CT molecular complexity index is 339. The zero-order valence-corrected chi connectivity index (χ0v) is 12.5. The van der Waals surface area contributed by atoms with Gasteiger partial charge in [-0.05, 0) is 49.5 Å². The summed E-state index contributed by atoms with van der Waals surface area (Å²) >= 11 is 1.74. The van der Waals surface area contributed by atoms with Crippen molar-refractivity contribution < 1.29 is 4.74 Å². The Hall–Kier alpha value is -0.380. The van der Waals surface area contributed by atoms with Crippen molar-refractivity contribution in [3.63, 3.8) is 0 Å². The first-order valence-corrected chi connectivity index (χ1v) is 7.88. The highest BCUT2D eigenvalue weighted by atomic mass is 32.1. The van der Waals surface area contributed by atoms with Crippen molar-refractivity contribution in [1.82, 2.24) is 0 Å². The summed E-state index contributed by atoms with van der Waals surface area (Å²) in [6.45, 7) is 6.70. The summed E-state index contributed by atoms with van der Waals surface area (Å²) in [5, 5.41) is 2.10. The minimum absolute atomic E-state index is 0.0520. The zero-order chi connectivity index (χ0) is 13.1. The first-order chi connectivity index (χ1) is 8.56. The van der Waals surface area contributed by atoms with E-state index in [1.165, 1.54) is 24.1 Å². The first kappa shape index (κ1) is 14.0. The van der Waals surface area contributed by atoms with Gasteiger partial charge in [-0.1, -0.05) is 19.9 Å². The van der Waals surface area contributed by atoms with Gasteiger partial charge in [0.05, 0.1) is 6.10 Å². The molecule has 4 unspecified atom stereocenters. The molecular weight excluding hydrogens is 242 g/mol. The lowest BCUT2D eigenvalue weighted by atomic mass is 9.81. The van der Waals surface area contributed by atoms with Crippen LogP contribution in [0.2, 0.25) is 0 Å². The highest BCUT2D eigenvalue weighted by Crippen LogP contribution is 2.35. The minimum Gasteiger partial charge on any atom is -0.368 e. The van der Waals surface area contributed by atoms with Crippen molar-refractivity contribution in [2.45, 2.75) is 58.3 Å². The molecule has 0 saturated heterocycles. The molecule has 2 nitrogen and oxygen atoms in total. The standard InChI is InChI=1S/C15H25NOS/c1-10-7-11(2)9-13(8-10)17-15(12(3)16)14-5-4-6-18-14/h4-6,10-13,15H,7-9,16H2,1-3H3. The van der Waals surface area contributed by atoms with Crippen molar-refractivity contribution in [1.29, 1.82) is 0 Å². The molecule has 2 rings (SSSR count). The van der Waals surface area contributed by atoms with E-state index in [4.69, 9.17) is 10.5 Å². The Labute approximate surface area is 115 Å². The van der Waals surface area contributed by atoms with Crippen LogP contribution in [0.25, 0.3) is 0 Å². The second kappa shape index (κ2) is 6.18. The molecule has 18 heavy (non-hydrogen) atoms. The summed E-state index contributed by atoms with van der Waals surface area (Å²) < 4.78 is 6.32. The van der Waals surface area contributed by atoms with E-state index in [1.807, 2.05) is 6.92 Å². The second-order valence-electron chi connectivity index (χ2n) is 5.97. The summed E-state index contributed by atoms with van der Waals surface area (Å²) in [6.07, 6.45) is 4.13. The lowest BCUT2D eigenvalue weighted by Crippen LogP contribution is -2.33. The molecule has 0 spiro atoms. The van der Waals surface area contributed by atoms with Crippen LogP contribution in [0, 0.1) is 11.8 Å². The smallest absolute Gasteiger partial charge is 0.107 e. The van der Waals surface area contributed by atoms with Crippen LogP contribution in [0.15, 0.2) is 17.5 Å². The lowest BCUT2D eigenvalue weighted by Gasteiger charge is -2.34. The third-order valence-electron chi connectivity index (χ3n) is 3.78. The van der Waals surface area contributed by atoms with Crippen LogP contribution in [-0.2, 0) is 4.74 Å². The van der Waals surface area contributed by atoms with Crippen LogP contribution in [0.4, 0.5) is 0 Å². The Morgan fingerprint density at radius 1 is 1.28 bits per heavy atom. The normalized spacial score (nSPS) is 32.1. The molecule has 0 aromatic carbocycles. The zero-order valence-electron chi connectivity index (χ0n) is 11.6. The van der Waals surface area contributed by atoms with Crippen LogP contribution >= 0.6 is 11.3 Å². The number of ether oxygens (including phenoxy) is 1. The predicted octanol–water partition coefficient (Wildman–Crippen LogP) is 3.98. The monoisotopic (exact) mass is 267 g/mol. The number of hydrogen-bond acceptors (Lipinski definition) is 3. The van der Waals surface area contributed by atoms with Crippen LogP contribution < -0.4 is 5.73 Å². The largest absolute Gasteiger partial charge is 0.368 e. The fraction of sp³-hybridized carbons (Fsp3) is 0.733. The molecule has 1 aliphatic rings. The summed E-state index contributed by atoms with van der Waals surface area (Å²) in [4.78, 5) is 1.26. The van der Waals surface area contributed by atoms with E-state index in [2.05, 4.69) is 31.4 Å². The van der Waals surface area contributed by atoms with Crippen LogP contribution in [0.1, 0.15) is 51.0 Å². The van der Waals surface area contributed by atoms with E-state index in [0.29, 0.717) is 6.10 Å². The summed E-state index contributed by atoms with van der Waals surface area (Å²) in [5.41, 5.74) is 6.10. The third kappa shape index (κ3) is 3.56. The van der Waals surface area contributed by atoms with Crippen LogP contribution in [0.3, 0.4) is 0 Å². The molecule has 102 valence electrons. The Balaban J connectivity index is 2.01. The summed E-state index contributed by atoms with van der Waals surface area (Å²) in [7, 11) is 0. The minimum atomic E-state index is 0.0520. The van der Waals surface area contributed by atoms with Gasteiger partial charge in [-0.15, -0.1) is 11.3 Å². The maximum atomic E-state index is 6.32. The molecule has 1 fully saturated rings. The van der Waals surface area contributed by atoms with Crippen molar-refractivity contribution in [3.05, 3.63) is 22.4 Å². The molecule has 1 saturated carbocycles. The molecule has 1 heterocycles. The fourth-order valence-corrected chi connectivity index (χ4v) is 3.97. The Morgan fingerprint density at radius 2 is 1.94 bits per heavy atom. The van der Waals surface area contributed by atoms with Crippen molar-refractivity contribution in [2.24, 2.45) is 17.6 Å². The van der Waals surface area contributed by atoms with E-state index >= 15 is 0 Å². The van der Waals surface area contributed by atoms with Crippen LogP contribution in [0.5, 0.6) is 0 Å². The molecule has 0 bridgehead atoms. The van der Waals surface area contributed by atoms with Gasteiger partial charge in [-0.2, -0.15) is 0 Å². The molecule has 0 aliphatic heterocycles. The molecule has 3 heteroatoms. The predicted molar refractivity (Wildman–Crippen MR) is 77.8 cm³/mol. The molecule has 0 radical (unpaired) electrons. The molecular formula is C15H25NOS. The third-order valence-corrected chi connectivity index (χ3v) is 4.71.